The van der Waals surface area contributed by atoms with Crippen molar-refractivity contribution in [2.75, 3.05) is 5.32 Å². The molecule has 0 bridgehead atoms. The Morgan fingerprint density at radius 2 is 2.27 bits per heavy atom. The number of hydrogen-bond acceptors (Lipinski definition) is 2. The average molecular weight is 208 g/mol. The van der Waals surface area contributed by atoms with Gasteiger partial charge in [-0.3, -0.25) is 10.00 Å². The molecule has 2 N–H and O–H groups in total. The molecule has 2 amide bonds. The molecule has 15 heavy (non-hydrogen) atoms. The SMILES string of the molecule is Cn1ccc(NC(=O)NC2CCCC2)n1. The topological polar surface area (TPSA) is 59.0 Å². The summed E-state index contributed by atoms with van der Waals surface area (Å²) < 4.78 is 1.66. The predicted octanol–water partition coefficient (Wildman–Crippen LogP) is 1.48. The van der Waals surface area contributed by atoms with E-state index in [0.29, 0.717) is 11.9 Å². The van der Waals surface area contributed by atoms with Crippen molar-refractivity contribution < 1.29 is 4.79 Å². The van der Waals surface area contributed by atoms with Gasteiger partial charge in [0.2, 0.25) is 0 Å². The molecule has 5 nitrogen and oxygen atoms in total. The highest BCUT2D eigenvalue weighted by Crippen LogP contribution is 2.17. The Kier molecular flexibility index (Phi) is 2.89. The van der Waals surface area contributed by atoms with Gasteiger partial charge < -0.3 is 5.32 Å². The van der Waals surface area contributed by atoms with Crippen LogP contribution in [0.5, 0.6) is 0 Å². The molecule has 1 aromatic rings. The molecule has 1 heterocycles. The Balaban J connectivity index is 1.81. The van der Waals surface area contributed by atoms with Crippen molar-refractivity contribution in [2.24, 2.45) is 7.05 Å². The predicted molar refractivity (Wildman–Crippen MR) is 57.6 cm³/mol. The van der Waals surface area contributed by atoms with Gasteiger partial charge in [-0.25, -0.2) is 4.79 Å². The van der Waals surface area contributed by atoms with Crippen LogP contribution in [-0.4, -0.2) is 21.9 Å². The molecule has 0 unspecified atom stereocenters. The van der Waals surface area contributed by atoms with E-state index in [0.717, 1.165) is 12.8 Å². The summed E-state index contributed by atoms with van der Waals surface area (Å²) in [5.74, 6) is 0.591. The number of anilines is 1. The zero-order valence-electron chi connectivity index (χ0n) is 8.86. The second-order valence-electron chi connectivity index (χ2n) is 3.95. The van der Waals surface area contributed by atoms with Crippen LogP contribution in [0.25, 0.3) is 0 Å². The first-order chi connectivity index (χ1) is 7.24. The quantitative estimate of drug-likeness (QED) is 0.773. The summed E-state index contributed by atoms with van der Waals surface area (Å²) in [6.45, 7) is 0. The summed E-state index contributed by atoms with van der Waals surface area (Å²) in [5.41, 5.74) is 0. The Morgan fingerprint density at radius 1 is 1.53 bits per heavy atom. The molecular weight excluding hydrogens is 192 g/mol. The van der Waals surface area contributed by atoms with Crippen LogP contribution in [0, 0.1) is 0 Å². The summed E-state index contributed by atoms with van der Waals surface area (Å²) in [6.07, 6.45) is 6.42. The van der Waals surface area contributed by atoms with E-state index in [2.05, 4.69) is 15.7 Å². The van der Waals surface area contributed by atoms with E-state index in [-0.39, 0.29) is 6.03 Å². The number of carbonyl (C=O) groups is 1. The van der Waals surface area contributed by atoms with Crippen molar-refractivity contribution in [2.45, 2.75) is 31.7 Å². The molecule has 0 radical (unpaired) electrons. The molecule has 1 saturated carbocycles. The van der Waals surface area contributed by atoms with Crippen LogP contribution >= 0.6 is 0 Å². The highest BCUT2D eigenvalue weighted by Gasteiger charge is 2.17. The third kappa shape index (κ3) is 2.71. The lowest BCUT2D eigenvalue weighted by Crippen LogP contribution is -2.36. The molecule has 2 rings (SSSR count). The van der Waals surface area contributed by atoms with Gasteiger partial charge in [0, 0.05) is 25.4 Å². The maximum absolute atomic E-state index is 11.5. The maximum atomic E-state index is 11.5. The lowest BCUT2D eigenvalue weighted by Gasteiger charge is -2.11. The molecule has 1 aliphatic carbocycles. The first kappa shape index (κ1) is 10.0. The van der Waals surface area contributed by atoms with Gasteiger partial charge in [0.05, 0.1) is 0 Å². The number of urea groups is 1. The molecule has 0 aromatic carbocycles. The first-order valence-electron chi connectivity index (χ1n) is 5.31. The highest BCUT2D eigenvalue weighted by molar-refractivity contribution is 5.88. The Hall–Kier alpha value is -1.52. The van der Waals surface area contributed by atoms with Crippen LogP contribution in [0.2, 0.25) is 0 Å². The molecule has 5 heteroatoms. The van der Waals surface area contributed by atoms with Crippen LogP contribution in [-0.2, 0) is 7.05 Å². The zero-order chi connectivity index (χ0) is 10.7. The molecule has 1 aromatic heterocycles. The van der Waals surface area contributed by atoms with Gasteiger partial charge in [-0.15, -0.1) is 0 Å². The molecular formula is C10H16N4O. The first-order valence-corrected chi connectivity index (χ1v) is 5.31. The van der Waals surface area contributed by atoms with Gasteiger partial charge in [0.1, 0.15) is 0 Å². The highest BCUT2D eigenvalue weighted by atomic mass is 16.2. The van der Waals surface area contributed by atoms with Crippen LogP contribution < -0.4 is 10.6 Å². The van der Waals surface area contributed by atoms with E-state index in [1.807, 2.05) is 7.05 Å². The van der Waals surface area contributed by atoms with E-state index < -0.39 is 0 Å². The van der Waals surface area contributed by atoms with Crippen molar-refractivity contribution in [1.29, 1.82) is 0 Å². The average Bonchev–Trinajstić information content (AvgIpc) is 2.77. The van der Waals surface area contributed by atoms with Gasteiger partial charge in [0.15, 0.2) is 5.82 Å². The van der Waals surface area contributed by atoms with Gasteiger partial charge in [-0.2, -0.15) is 5.10 Å². The molecule has 1 fully saturated rings. The molecule has 0 saturated heterocycles. The molecule has 82 valence electrons. The third-order valence-electron chi connectivity index (χ3n) is 2.65. The summed E-state index contributed by atoms with van der Waals surface area (Å²) in [6, 6.07) is 1.96. The summed E-state index contributed by atoms with van der Waals surface area (Å²) in [5, 5.41) is 9.71. The second-order valence-corrected chi connectivity index (χ2v) is 3.95. The van der Waals surface area contributed by atoms with E-state index >= 15 is 0 Å². The number of aromatic nitrogens is 2. The summed E-state index contributed by atoms with van der Waals surface area (Å²) in [4.78, 5) is 11.5. The number of rotatable bonds is 2. The molecule has 0 atom stereocenters. The van der Waals surface area contributed by atoms with Crippen molar-refractivity contribution in [3.05, 3.63) is 12.3 Å². The van der Waals surface area contributed by atoms with E-state index in [1.165, 1.54) is 12.8 Å². The maximum Gasteiger partial charge on any atom is 0.320 e. The largest absolute Gasteiger partial charge is 0.335 e. The monoisotopic (exact) mass is 208 g/mol. The van der Waals surface area contributed by atoms with Gasteiger partial charge in [-0.05, 0) is 12.8 Å². The van der Waals surface area contributed by atoms with E-state index in [4.69, 9.17) is 0 Å². The molecule has 1 aliphatic rings. The standard InChI is InChI=1S/C10H16N4O/c1-14-7-6-9(13-14)12-10(15)11-8-4-2-3-5-8/h6-8H,2-5H2,1H3,(H2,11,12,13,15). The fourth-order valence-corrected chi connectivity index (χ4v) is 1.89. The van der Waals surface area contributed by atoms with E-state index in [9.17, 15) is 4.79 Å². The lowest BCUT2D eigenvalue weighted by molar-refractivity contribution is 0.248. The van der Waals surface area contributed by atoms with Crippen LogP contribution in [0.1, 0.15) is 25.7 Å². The summed E-state index contributed by atoms with van der Waals surface area (Å²) >= 11 is 0. The van der Waals surface area contributed by atoms with Crippen molar-refractivity contribution in [1.82, 2.24) is 15.1 Å². The lowest BCUT2D eigenvalue weighted by atomic mass is 10.3. The molecule has 0 spiro atoms. The normalized spacial score (nSPS) is 16.6. The van der Waals surface area contributed by atoms with Crippen LogP contribution in [0.15, 0.2) is 12.3 Å². The second kappa shape index (κ2) is 4.33. The fraction of sp³-hybridized carbons (Fsp3) is 0.600. The Bertz CT molecular complexity index is 341. The fourth-order valence-electron chi connectivity index (χ4n) is 1.89. The molecule has 0 aliphatic heterocycles. The number of hydrogen-bond donors (Lipinski definition) is 2. The minimum absolute atomic E-state index is 0.152. The Morgan fingerprint density at radius 3 is 2.87 bits per heavy atom. The van der Waals surface area contributed by atoms with Crippen LogP contribution in [0.3, 0.4) is 0 Å². The minimum Gasteiger partial charge on any atom is -0.335 e. The van der Waals surface area contributed by atoms with Crippen molar-refractivity contribution in [3.63, 3.8) is 0 Å². The van der Waals surface area contributed by atoms with Gasteiger partial charge in [0.25, 0.3) is 0 Å². The van der Waals surface area contributed by atoms with Gasteiger partial charge in [-0.1, -0.05) is 12.8 Å². The zero-order valence-corrected chi connectivity index (χ0v) is 8.86. The van der Waals surface area contributed by atoms with Crippen molar-refractivity contribution >= 4 is 11.8 Å². The Labute approximate surface area is 88.8 Å². The third-order valence-corrected chi connectivity index (χ3v) is 2.65. The summed E-state index contributed by atoms with van der Waals surface area (Å²) in [7, 11) is 1.82. The number of nitrogens with zero attached hydrogens (tertiary/aromatic N) is 2. The van der Waals surface area contributed by atoms with Gasteiger partial charge >= 0.3 is 6.03 Å². The van der Waals surface area contributed by atoms with Crippen molar-refractivity contribution in [3.8, 4) is 0 Å². The number of amides is 2. The number of aryl methyl sites for hydroxylation is 1. The smallest absolute Gasteiger partial charge is 0.320 e. The van der Waals surface area contributed by atoms with E-state index in [1.54, 1.807) is 16.9 Å². The van der Waals surface area contributed by atoms with Crippen LogP contribution in [0.4, 0.5) is 10.6 Å². The number of nitrogens with one attached hydrogen (secondary N) is 2. The minimum atomic E-state index is -0.152. The number of carbonyl (C=O) groups excluding carboxylic acids is 1.